The summed E-state index contributed by atoms with van der Waals surface area (Å²) in [4.78, 5) is 24.4. The molecule has 30 heavy (non-hydrogen) atoms. The van der Waals surface area contributed by atoms with E-state index in [1.54, 1.807) is 30.5 Å². The van der Waals surface area contributed by atoms with E-state index < -0.39 is 0 Å². The van der Waals surface area contributed by atoms with E-state index in [-0.39, 0.29) is 11.9 Å². The maximum atomic E-state index is 12.7. The van der Waals surface area contributed by atoms with Crippen molar-refractivity contribution in [1.82, 2.24) is 24.6 Å². The predicted octanol–water partition coefficient (Wildman–Crippen LogP) is 4.15. The number of hydrogen-bond donors (Lipinski definition) is 1. The smallest absolute Gasteiger partial charge is 0.259 e. The Morgan fingerprint density at radius 1 is 1.23 bits per heavy atom. The topological polar surface area (TPSA) is 75.9 Å². The largest absolute Gasteiger partial charge is 0.322 e. The lowest BCUT2D eigenvalue weighted by atomic mass is 10.0. The first kappa shape index (κ1) is 20.5. The molecular formula is C22H25ClN6O. The molecule has 1 saturated heterocycles. The van der Waals surface area contributed by atoms with Crippen molar-refractivity contribution in [2.75, 3.05) is 11.9 Å². The monoisotopic (exact) mass is 424 g/mol. The molecule has 0 radical (unpaired) electrons. The average Bonchev–Trinajstić information content (AvgIpc) is 3.14. The summed E-state index contributed by atoms with van der Waals surface area (Å²) < 4.78 is 1.82. The number of aryl methyl sites for hydroxylation is 2. The van der Waals surface area contributed by atoms with E-state index in [0.717, 1.165) is 38.2 Å². The minimum Gasteiger partial charge on any atom is -0.322 e. The summed E-state index contributed by atoms with van der Waals surface area (Å²) in [5, 5.41) is 7.77. The van der Waals surface area contributed by atoms with Crippen molar-refractivity contribution >= 4 is 23.2 Å². The number of hydrogen-bond acceptors (Lipinski definition) is 5. The Morgan fingerprint density at radius 2 is 2.03 bits per heavy atom. The fraction of sp³-hybridized carbons (Fsp3) is 0.364. The molecule has 1 aliphatic heterocycles. The summed E-state index contributed by atoms with van der Waals surface area (Å²) in [6.45, 7) is 3.68. The molecule has 1 fully saturated rings. The van der Waals surface area contributed by atoms with Gasteiger partial charge in [-0.1, -0.05) is 18.0 Å². The molecule has 2 aromatic heterocycles. The van der Waals surface area contributed by atoms with Gasteiger partial charge in [0.25, 0.3) is 5.91 Å². The quantitative estimate of drug-likeness (QED) is 0.665. The number of halogens is 1. The maximum Gasteiger partial charge on any atom is 0.259 e. The highest BCUT2D eigenvalue weighted by Crippen LogP contribution is 2.30. The first-order chi connectivity index (χ1) is 14.5. The van der Waals surface area contributed by atoms with E-state index >= 15 is 0 Å². The number of nitrogens with one attached hydrogen (secondary N) is 1. The van der Waals surface area contributed by atoms with Crippen molar-refractivity contribution < 1.29 is 4.79 Å². The van der Waals surface area contributed by atoms with Gasteiger partial charge < -0.3 is 5.32 Å². The molecule has 7 nitrogen and oxygen atoms in total. The molecule has 0 saturated carbocycles. The van der Waals surface area contributed by atoms with Gasteiger partial charge >= 0.3 is 0 Å². The molecule has 1 unspecified atom stereocenters. The molecule has 156 valence electrons. The summed E-state index contributed by atoms with van der Waals surface area (Å²) in [6.07, 6.45) is 8.91. The van der Waals surface area contributed by atoms with Crippen molar-refractivity contribution in [3.63, 3.8) is 0 Å². The van der Waals surface area contributed by atoms with Crippen molar-refractivity contribution in [2.45, 2.75) is 38.8 Å². The van der Waals surface area contributed by atoms with Crippen molar-refractivity contribution in [1.29, 1.82) is 0 Å². The van der Waals surface area contributed by atoms with Gasteiger partial charge in [-0.25, -0.2) is 9.97 Å². The highest BCUT2D eigenvalue weighted by molar-refractivity contribution is 6.30. The van der Waals surface area contributed by atoms with E-state index in [1.807, 2.05) is 31.0 Å². The van der Waals surface area contributed by atoms with Crippen LogP contribution in [-0.2, 0) is 13.6 Å². The van der Waals surface area contributed by atoms with E-state index in [9.17, 15) is 4.79 Å². The van der Waals surface area contributed by atoms with Crippen LogP contribution in [0.5, 0.6) is 0 Å². The minimum atomic E-state index is -0.225. The molecule has 4 rings (SSSR count). The minimum absolute atomic E-state index is 0.144. The van der Waals surface area contributed by atoms with E-state index in [2.05, 4.69) is 20.3 Å². The van der Waals surface area contributed by atoms with E-state index in [4.69, 9.17) is 16.6 Å². The van der Waals surface area contributed by atoms with Crippen LogP contribution in [0.1, 0.15) is 52.7 Å². The number of likely N-dealkylation sites (tertiary alicyclic amines) is 1. The molecule has 0 bridgehead atoms. The first-order valence-electron chi connectivity index (χ1n) is 10.1. The van der Waals surface area contributed by atoms with Crippen LogP contribution >= 0.6 is 11.6 Å². The number of benzene rings is 1. The van der Waals surface area contributed by atoms with Crippen LogP contribution in [0.2, 0.25) is 5.02 Å². The van der Waals surface area contributed by atoms with Crippen LogP contribution in [0.25, 0.3) is 0 Å². The van der Waals surface area contributed by atoms with Gasteiger partial charge in [0.2, 0.25) is 0 Å². The summed E-state index contributed by atoms with van der Waals surface area (Å²) in [6, 6.07) is 7.16. The van der Waals surface area contributed by atoms with Crippen molar-refractivity contribution in [3.8, 4) is 0 Å². The zero-order valence-corrected chi connectivity index (χ0v) is 17.9. The van der Waals surface area contributed by atoms with Gasteiger partial charge in [-0.15, -0.1) is 0 Å². The Bertz CT molecular complexity index is 1030. The molecule has 1 aliphatic rings. The second-order valence-electron chi connectivity index (χ2n) is 7.69. The van der Waals surface area contributed by atoms with Crippen LogP contribution in [0.15, 0.2) is 42.9 Å². The molecule has 0 aliphatic carbocycles. The van der Waals surface area contributed by atoms with Crippen LogP contribution in [0.4, 0.5) is 5.69 Å². The van der Waals surface area contributed by atoms with E-state index in [0.29, 0.717) is 22.0 Å². The Labute approximate surface area is 181 Å². The molecule has 1 aromatic carbocycles. The summed E-state index contributed by atoms with van der Waals surface area (Å²) in [5.41, 5.74) is 3.02. The normalized spacial score (nSPS) is 17.1. The number of amides is 1. The van der Waals surface area contributed by atoms with Crippen molar-refractivity contribution in [3.05, 3.63) is 70.5 Å². The molecule has 1 N–H and O–H groups in total. The van der Waals surface area contributed by atoms with Gasteiger partial charge in [-0.3, -0.25) is 14.4 Å². The third kappa shape index (κ3) is 4.68. The van der Waals surface area contributed by atoms with Gasteiger partial charge in [-0.2, -0.15) is 5.10 Å². The number of aromatic nitrogens is 4. The average molecular weight is 425 g/mol. The van der Waals surface area contributed by atoms with Gasteiger partial charge in [0.05, 0.1) is 23.5 Å². The van der Waals surface area contributed by atoms with Crippen LogP contribution < -0.4 is 5.32 Å². The Hall–Kier alpha value is -2.77. The molecule has 1 amide bonds. The predicted molar refractivity (Wildman–Crippen MR) is 116 cm³/mol. The summed E-state index contributed by atoms with van der Waals surface area (Å²) in [5.74, 6) is 0.552. The van der Waals surface area contributed by atoms with Crippen LogP contribution in [0.3, 0.4) is 0 Å². The van der Waals surface area contributed by atoms with Crippen LogP contribution in [-0.4, -0.2) is 37.1 Å². The molecular weight excluding hydrogens is 400 g/mol. The summed E-state index contributed by atoms with van der Waals surface area (Å²) in [7, 11) is 1.93. The summed E-state index contributed by atoms with van der Waals surface area (Å²) >= 11 is 5.90. The highest BCUT2D eigenvalue weighted by atomic mass is 35.5. The van der Waals surface area contributed by atoms with Crippen LogP contribution in [0, 0.1) is 6.92 Å². The third-order valence-corrected chi connectivity index (χ3v) is 5.65. The fourth-order valence-electron chi connectivity index (χ4n) is 3.86. The lowest BCUT2D eigenvalue weighted by Crippen LogP contribution is -2.34. The molecule has 0 spiro atoms. The fourth-order valence-corrected chi connectivity index (χ4v) is 3.99. The van der Waals surface area contributed by atoms with E-state index in [1.165, 1.54) is 5.56 Å². The standard InChI is InChI=1S/C22H25ClN6O/c1-15-19(22(30)27-18-8-6-17(23)7-9-18)12-24-21(26-15)20-5-3-4-10-29(20)14-16-11-25-28(2)13-16/h6-9,11-13,20H,3-5,10,14H2,1-2H3,(H,27,30). The second kappa shape index (κ2) is 8.93. The van der Waals surface area contributed by atoms with Crippen molar-refractivity contribution in [2.24, 2.45) is 7.05 Å². The number of rotatable bonds is 5. The van der Waals surface area contributed by atoms with Gasteiger partial charge in [0, 0.05) is 42.3 Å². The Morgan fingerprint density at radius 3 is 2.73 bits per heavy atom. The zero-order valence-electron chi connectivity index (χ0n) is 17.2. The molecule has 1 atom stereocenters. The van der Waals surface area contributed by atoms with Gasteiger partial charge in [0.15, 0.2) is 0 Å². The molecule has 3 heterocycles. The highest BCUT2D eigenvalue weighted by Gasteiger charge is 2.27. The number of carbonyl (C=O) groups excluding carboxylic acids is 1. The molecule has 3 aromatic rings. The number of anilines is 1. The second-order valence-corrected chi connectivity index (χ2v) is 8.13. The number of carbonyl (C=O) groups is 1. The Balaban J connectivity index is 1.50. The first-order valence-corrected chi connectivity index (χ1v) is 10.5. The lowest BCUT2D eigenvalue weighted by Gasteiger charge is -2.34. The Kier molecular flexibility index (Phi) is 6.11. The number of piperidine rings is 1. The number of nitrogens with zero attached hydrogens (tertiary/aromatic N) is 5. The molecule has 8 heteroatoms. The lowest BCUT2D eigenvalue weighted by molar-refractivity contribution is 0.102. The zero-order chi connectivity index (χ0) is 21.1. The third-order valence-electron chi connectivity index (χ3n) is 5.40. The maximum absolute atomic E-state index is 12.7. The van der Waals surface area contributed by atoms with Gasteiger partial charge in [-0.05, 0) is 50.6 Å². The SMILES string of the molecule is Cc1nc(C2CCCCN2Cc2cnn(C)c2)ncc1C(=O)Nc1ccc(Cl)cc1. The van der Waals surface area contributed by atoms with Gasteiger partial charge in [0.1, 0.15) is 5.82 Å².